The molecule has 0 spiro atoms. The normalized spacial score (nSPS) is 19.5. The molecule has 2 aliphatic rings. The topological polar surface area (TPSA) is 0 Å². The minimum absolute atomic E-state index is 0.0868. The highest BCUT2D eigenvalue weighted by molar-refractivity contribution is 7.61. The van der Waals surface area contributed by atoms with Crippen molar-refractivity contribution in [3.05, 3.63) is 63.2 Å². The Morgan fingerprint density at radius 1 is 0.958 bits per heavy atom. The standard InChI is InChI=1S/C22H29PS/c1-17(2)14-15-23(3)21-12-10-19(11-13-21)18-6-8-20(9-7-18)22-5-4-16-24-22/h4-6,8,10,12,16-17H,7,9,11,13-15H2,1-3H3. The van der Waals surface area contributed by atoms with Gasteiger partial charge in [0.15, 0.2) is 0 Å². The van der Waals surface area contributed by atoms with E-state index >= 15 is 0 Å². The Bertz CT molecular complexity index is 671. The van der Waals surface area contributed by atoms with Gasteiger partial charge in [-0.05, 0) is 84.3 Å². The Kier molecular flexibility index (Phi) is 6.31. The van der Waals surface area contributed by atoms with Crippen LogP contribution in [0.4, 0.5) is 0 Å². The van der Waals surface area contributed by atoms with Gasteiger partial charge >= 0.3 is 0 Å². The van der Waals surface area contributed by atoms with Gasteiger partial charge in [0.2, 0.25) is 0 Å². The first-order valence-corrected chi connectivity index (χ1v) is 12.0. The van der Waals surface area contributed by atoms with Crippen LogP contribution in [0.25, 0.3) is 5.57 Å². The number of hydrogen-bond acceptors (Lipinski definition) is 1. The van der Waals surface area contributed by atoms with E-state index in [1.807, 2.05) is 11.3 Å². The molecule has 0 N–H and O–H groups in total. The van der Waals surface area contributed by atoms with Crippen LogP contribution in [-0.2, 0) is 0 Å². The van der Waals surface area contributed by atoms with E-state index in [0.717, 1.165) is 5.92 Å². The molecule has 24 heavy (non-hydrogen) atoms. The summed E-state index contributed by atoms with van der Waals surface area (Å²) in [6.07, 6.45) is 17.3. The van der Waals surface area contributed by atoms with E-state index in [4.69, 9.17) is 0 Å². The van der Waals surface area contributed by atoms with Gasteiger partial charge in [-0.2, -0.15) is 0 Å². The van der Waals surface area contributed by atoms with Crippen LogP contribution >= 0.6 is 19.3 Å². The lowest BCUT2D eigenvalue weighted by atomic mass is 9.89. The van der Waals surface area contributed by atoms with Gasteiger partial charge in [-0.25, -0.2) is 0 Å². The first kappa shape index (κ1) is 17.9. The van der Waals surface area contributed by atoms with Crippen molar-refractivity contribution in [2.45, 2.75) is 46.0 Å². The Morgan fingerprint density at radius 3 is 2.17 bits per heavy atom. The predicted octanol–water partition coefficient (Wildman–Crippen LogP) is 7.61. The van der Waals surface area contributed by atoms with Crippen molar-refractivity contribution in [1.29, 1.82) is 0 Å². The highest BCUT2D eigenvalue weighted by Gasteiger charge is 2.17. The second-order valence-corrected chi connectivity index (χ2v) is 10.7. The van der Waals surface area contributed by atoms with Crippen LogP contribution in [0.3, 0.4) is 0 Å². The summed E-state index contributed by atoms with van der Waals surface area (Å²) in [4.78, 5) is 1.44. The molecule has 0 aromatic carbocycles. The van der Waals surface area contributed by atoms with Crippen molar-refractivity contribution in [2.24, 2.45) is 5.92 Å². The maximum absolute atomic E-state index is 2.47. The van der Waals surface area contributed by atoms with E-state index in [0.29, 0.717) is 0 Å². The Balaban J connectivity index is 1.64. The molecule has 1 atom stereocenters. The molecule has 0 radical (unpaired) electrons. The molecule has 0 fully saturated rings. The monoisotopic (exact) mass is 356 g/mol. The lowest BCUT2D eigenvalue weighted by Crippen LogP contribution is -2.01. The molecular formula is C22H29PS. The van der Waals surface area contributed by atoms with Gasteiger partial charge in [0.25, 0.3) is 0 Å². The minimum atomic E-state index is 0.0868. The van der Waals surface area contributed by atoms with Gasteiger partial charge in [-0.3, -0.25) is 0 Å². The van der Waals surface area contributed by atoms with Crippen LogP contribution in [0.5, 0.6) is 0 Å². The van der Waals surface area contributed by atoms with Crippen LogP contribution in [-0.4, -0.2) is 12.8 Å². The Labute approximate surface area is 152 Å². The molecule has 0 aliphatic heterocycles. The van der Waals surface area contributed by atoms with E-state index in [-0.39, 0.29) is 7.92 Å². The summed E-state index contributed by atoms with van der Waals surface area (Å²) in [6.45, 7) is 7.15. The zero-order chi connectivity index (χ0) is 16.9. The lowest BCUT2D eigenvalue weighted by molar-refractivity contribution is 0.630. The molecule has 0 amide bonds. The van der Waals surface area contributed by atoms with Crippen molar-refractivity contribution >= 4 is 24.8 Å². The fourth-order valence-electron chi connectivity index (χ4n) is 3.38. The molecule has 2 aliphatic carbocycles. The number of allylic oxidation sites excluding steroid dienone is 8. The second kappa shape index (κ2) is 8.45. The van der Waals surface area contributed by atoms with Crippen molar-refractivity contribution in [3.8, 4) is 0 Å². The average molecular weight is 357 g/mol. The molecule has 3 rings (SSSR count). The van der Waals surface area contributed by atoms with Gasteiger partial charge in [0.1, 0.15) is 0 Å². The molecule has 1 aromatic heterocycles. The molecule has 1 unspecified atom stereocenters. The summed E-state index contributed by atoms with van der Waals surface area (Å²) in [5, 5.41) is 3.90. The molecule has 0 saturated heterocycles. The summed E-state index contributed by atoms with van der Waals surface area (Å²) >= 11 is 1.86. The Hall–Kier alpha value is -0.910. The number of thiophene rings is 1. The largest absolute Gasteiger partial charge is 0.144 e. The smallest absolute Gasteiger partial charge is 0.0302 e. The minimum Gasteiger partial charge on any atom is -0.144 e. The van der Waals surface area contributed by atoms with E-state index in [1.165, 1.54) is 48.7 Å². The van der Waals surface area contributed by atoms with E-state index in [9.17, 15) is 0 Å². The molecule has 1 heterocycles. The first-order valence-electron chi connectivity index (χ1n) is 9.18. The zero-order valence-corrected chi connectivity index (χ0v) is 16.9. The molecular weight excluding hydrogens is 327 g/mol. The van der Waals surface area contributed by atoms with Gasteiger partial charge < -0.3 is 0 Å². The van der Waals surface area contributed by atoms with Crippen LogP contribution in [0.2, 0.25) is 0 Å². The van der Waals surface area contributed by atoms with Crippen molar-refractivity contribution < 1.29 is 0 Å². The molecule has 1 aromatic rings. The fraction of sp³-hybridized carbons (Fsp3) is 0.455. The average Bonchev–Trinajstić information content (AvgIpc) is 3.14. The molecule has 0 saturated carbocycles. The lowest BCUT2D eigenvalue weighted by Gasteiger charge is -2.23. The van der Waals surface area contributed by atoms with Crippen LogP contribution in [0.1, 0.15) is 50.8 Å². The third kappa shape index (κ3) is 4.58. The fourth-order valence-corrected chi connectivity index (χ4v) is 6.17. The summed E-state index contributed by atoms with van der Waals surface area (Å²) in [5.74, 6) is 0.835. The quantitative estimate of drug-likeness (QED) is 0.460. The van der Waals surface area contributed by atoms with Gasteiger partial charge in [-0.1, -0.05) is 52.1 Å². The van der Waals surface area contributed by atoms with Gasteiger partial charge in [-0.15, -0.1) is 11.3 Å². The highest BCUT2D eigenvalue weighted by Crippen LogP contribution is 2.47. The van der Waals surface area contributed by atoms with E-state index < -0.39 is 0 Å². The number of rotatable bonds is 6. The van der Waals surface area contributed by atoms with Crippen molar-refractivity contribution in [1.82, 2.24) is 0 Å². The molecule has 128 valence electrons. The SMILES string of the molecule is CC(C)CCP(C)C1=CC=C(C2=CC=C(c3cccs3)CC2)CC1. The van der Waals surface area contributed by atoms with E-state index in [2.05, 4.69) is 62.3 Å². The van der Waals surface area contributed by atoms with Crippen molar-refractivity contribution in [2.75, 3.05) is 12.8 Å². The zero-order valence-electron chi connectivity index (χ0n) is 15.2. The van der Waals surface area contributed by atoms with Gasteiger partial charge in [0, 0.05) is 4.88 Å². The number of hydrogen-bond donors (Lipinski definition) is 0. The summed E-state index contributed by atoms with van der Waals surface area (Å²) in [7, 11) is 0.0868. The molecule has 0 bridgehead atoms. The summed E-state index contributed by atoms with van der Waals surface area (Å²) in [5.41, 5.74) is 4.65. The molecule has 2 heteroatoms. The third-order valence-corrected chi connectivity index (χ3v) is 8.29. The van der Waals surface area contributed by atoms with Crippen molar-refractivity contribution in [3.63, 3.8) is 0 Å². The van der Waals surface area contributed by atoms with Crippen LogP contribution < -0.4 is 0 Å². The maximum atomic E-state index is 2.47. The third-order valence-electron chi connectivity index (χ3n) is 5.06. The maximum Gasteiger partial charge on any atom is 0.0302 e. The first-order chi connectivity index (χ1) is 11.6. The molecule has 0 nitrogen and oxygen atoms in total. The van der Waals surface area contributed by atoms with Gasteiger partial charge in [0.05, 0.1) is 0 Å². The summed E-state index contributed by atoms with van der Waals surface area (Å²) in [6, 6.07) is 4.39. The highest BCUT2D eigenvalue weighted by atomic mass is 32.1. The van der Waals surface area contributed by atoms with Crippen LogP contribution in [0, 0.1) is 5.92 Å². The predicted molar refractivity (Wildman–Crippen MR) is 112 cm³/mol. The summed E-state index contributed by atoms with van der Waals surface area (Å²) < 4.78 is 0. The second-order valence-electron chi connectivity index (χ2n) is 7.32. The van der Waals surface area contributed by atoms with E-state index in [1.54, 1.807) is 16.5 Å². The van der Waals surface area contributed by atoms with Crippen LogP contribution in [0.15, 0.2) is 58.3 Å². The Morgan fingerprint density at radius 2 is 1.62 bits per heavy atom.